The Hall–Kier alpha value is -2.20. The number of benzene rings is 2. The number of aromatic nitrogens is 1. The van der Waals surface area contributed by atoms with Crippen molar-refractivity contribution in [2.24, 2.45) is 0 Å². The summed E-state index contributed by atoms with van der Waals surface area (Å²) in [4.78, 5) is 0. The zero-order valence-corrected chi connectivity index (χ0v) is 9.80. The van der Waals surface area contributed by atoms with Crippen LogP contribution in [0.2, 0.25) is 0 Å². The lowest BCUT2D eigenvalue weighted by Gasteiger charge is -2.05. The quantitative estimate of drug-likeness (QED) is 0.602. The van der Waals surface area contributed by atoms with Crippen LogP contribution in [-0.4, -0.2) is 21.4 Å². The van der Waals surface area contributed by atoms with Crippen molar-refractivity contribution >= 4 is 27.5 Å². The van der Waals surface area contributed by atoms with Crippen molar-refractivity contribution in [3.8, 4) is 5.75 Å². The zero-order chi connectivity index (χ0) is 12.7. The van der Waals surface area contributed by atoms with Gasteiger partial charge in [0.15, 0.2) is 0 Å². The summed E-state index contributed by atoms with van der Waals surface area (Å²) in [5, 5.41) is 20.8. The minimum Gasteiger partial charge on any atom is -0.508 e. The first-order valence-electron chi connectivity index (χ1n) is 5.82. The molecule has 92 valence electrons. The molecule has 3 rings (SSSR count). The highest BCUT2D eigenvalue weighted by atomic mass is 16.3. The number of rotatable bonds is 2. The molecule has 0 fully saturated rings. The van der Waals surface area contributed by atoms with Gasteiger partial charge in [-0.25, -0.2) is 0 Å². The number of phenolic OH excluding ortho intramolecular Hbond substituents is 1. The number of nitrogen functional groups attached to an aromatic ring is 1. The maximum atomic E-state index is 9.67. The second kappa shape index (κ2) is 3.92. The van der Waals surface area contributed by atoms with Crippen LogP contribution in [0.25, 0.3) is 21.8 Å². The van der Waals surface area contributed by atoms with Crippen molar-refractivity contribution in [3.63, 3.8) is 0 Å². The highest BCUT2D eigenvalue weighted by Crippen LogP contribution is 2.35. The molecule has 4 nitrogen and oxygen atoms in total. The number of anilines is 1. The van der Waals surface area contributed by atoms with Crippen molar-refractivity contribution in [1.29, 1.82) is 0 Å². The Morgan fingerprint density at radius 1 is 1.11 bits per heavy atom. The van der Waals surface area contributed by atoms with E-state index in [0.717, 1.165) is 21.8 Å². The first-order chi connectivity index (χ1) is 8.72. The van der Waals surface area contributed by atoms with E-state index >= 15 is 0 Å². The van der Waals surface area contributed by atoms with Gasteiger partial charge in [0.1, 0.15) is 5.75 Å². The highest BCUT2D eigenvalue weighted by Gasteiger charge is 2.13. The van der Waals surface area contributed by atoms with E-state index in [1.54, 1.807) is 12.1 Å². The van der Waals surface area contributed by atoms with Gasteiger partial charge in [-0.15, -0.1) is 0 Å². The Morgan fingerprint density at radius 3 is 2.67 bits per heavy atom. The molecule has 0 saturated carbocycles. The van der Waals surface area contributed by atoms with Gasteiger partial charge in [0, 0.05) is 40.7 Å². The standard InChI is InChI=1S/C14H14N2O2/c15-11-7-9(18)8-13-14(11)10-3-1-2-4-12(10)16(13)5-6-17/h1-4,7-8,17-18H,5-6,15H2. The van der Waals surface area contributed by atoms with E-state index < -0.39 is 0 Å². The summed E-state index contributed by atoms with van der Waals surface area (Å²) < 4.78 is 1.97. The molecular formula is C14H14N2O2. The minimum absolute atomic E-state index is 0.0450. The number of phenols is 1. The van der Waals surface area contributed by atoms with E-state index in [9.17, 15) is 10.2 Å². The summed E-state index contributed by atoms with van der Waals surface area (Å²) in [6.45, 7) is 0.524. The average Bonchev–Trinajstić information content (AvgIpc) is 2.65. The second-order valence-corrected chi connectivity index (χ2v) is 4.32. The Morgan fingerprint density at radius 2 is 1.89 bits per heavy atom. The highest BCUT2D eigenvalue weighted by molar-refractivity contribution is 6.14. The molecule has 0 amide bonds. The fraction of sp³-hybridized carbons (Fsp3) is 0.143. The molecule has 0 radical (unpaired) electrons. The fourth-order valence-electron chi connectivity index (χ4n) is 2.53. The van der Waals surface area contributed by atoms with Gasteiger partial charge < -0.3 is 20.5 Å². The van der Waals surface area contributed by atoms with E-state index in [2.05, 4.69) is 0 Å². The molecule has 4 heteroatoms. The Labute approximate surface area is 104 Å². The van der Waals surface area contributed by atoms with E-state index in [1.165, 1.54) is 0 Å². The predicted octanol–water partition coefficient (Wildman–Crippen LogP) is 2.07. The van der Waals surface area contributed by atoms with E-state index in [1.807, 2.05) is 28.8 Å². The van der Waals surface area contributed by atoms with Gasteiger partial charge in [-0.05, 0) is 6.07 Å². The van der Waals surface area contributed by atoms with Crippen LogP contribution in [0.1, 0.15) is 0 Å². The summed E-state index contributed by atoms with van der Waals surface area (Å²) in [6, 6.07) is 11.1. The first kappa shape index (κ1) is 10.9. The largest absolute Gasteiger partial charge is 0.508 e. The summed E-state index contributed by atoms with van der Waals surface area (Å²) in [5.74, 6) is 0.141. The average molecular weight is 242 g/mol. The molecular weight excluding hydrogens is 228 g/mol. The van der Waals surface area contributed by atoms with Crippen LogP contribution in [0, 0.1) is 0 Å². The third-order valence-electron chi connectivity index (χ3n) is 3.21. The minimum atomic E-state index is 0.0450. The lowest BCUT2D eigenvalue weighted by atomic mass is 10.1. The van der Waals surface area contributed by atoms with Crippen molar-refractivity contribution < 1.29 is 10.2 Å². The van der Waals surface area contributed by atoms with Crippen LogP contribution in [0.5, 0.6) is 5.75 Å². The van der Waals surface area contributed by atoms with Crippen molar-refractivity contribution in [1.82, 2.24) is 4.57 Å². The molecule has 0 atom stereocenters. The van der Waals surface area contributed by atoms with Crippen LogP contribution >= 0.6 is 0 Å². The summed E-state index contributed by atoms with van der Waals surface area (Å²) >= 11 is 0. The van der Waals surface area contributed by atoms with Gasteiger partial charge >= 0.3 is 0 Å². The van der Waals surface area contributed by atoms with Crippen LogP contribution < -0.4 is 5.73 Å². The topological polar surface area (TPSA) is 71.4 Å². The summed E-state index contributed by atoms with van der Waals surface area (Å²) in [6.07, 6.45) is 0. The van der Waals surface area contributed by atoms with Crippen LogP contribution in [0.3, 0.4) is 0 Å². The smallest absolute Gasteiger partial charge is 0.119 e. The fourth-order valence-corrected chi connectivity index (χ4v) is 2.53. The van der Waals surface area contributed by atoms with E-state index in [0.29, 0.717) is 12.2 Å². The normalized spacial score (nSPS) is 11.4. The van der Waals surface area contributed by atoms with Crippen LogP contribution in [0.15, 0.2) is 36.4 Å². The number of aliphatic hydroxyl groups excluding tert-OH is 1. The number of hydrogen-bond acceptors (Lipinski definition) is 3. The molecule has 3 aromatic rings. The number of hydrogen-bond donors (Lipinski definition) is 3. The maximum Gasteiger partial charge on any atom is 0.119 e. The molecule has 0 aliphatic rings. The van der Waals surface area contributed by atoms with Crippen molar-refractivity contribution in [2.45, 2.75) is 6.54 Å². The molecule has 0 aliphatic heterocycles. The van der Waals surface area contributed by atoms with Crippen LogP contribution in [0.4, 0.5) is 5.69 Å². The van der Waals surface area contributed by atoms with Gasteiger partial charge in [0.05, 0.1) is 12.1 Å². The molecule has 0 spiro atoms. The molecule has 0 bridgehead atoms. The Kier molecular flexibility index (Phi) is 2.38. The zero-order valence-electron chi connectivity index (χ0n) is 9.80. The molecule has 0 aliphatic carbocycles. The lowest BCUT2D eigenvalue weighted by molar-refractivity contribution is 0.280. The number of aromatic hydroxyl groups is 1. The number of nitrogens with two attached hydrogens (primary N) is 1. The first-order valence-corrected chi connectivity index (χ1v) is 5.82. The monoisotopic (exact) mass is 242 g/mol. The third kappa shape index (κ3) is 1.43. The number of para-hydroxylation sites is 1. The summed E-state index contributed by atoms with van der Waals surface area (Å²) in [5.41, 5.74) is 8.41. The molecule has 1 aromatic heterocycles. The molecule has 2 aromatic carbocycles. The Bertz CT molecular complexity index is 731. The third-order valence-corrected chi connectivity index (χ3v) is 3.21. The van der Waals surface area contributed by atoms with Gasteiger partial charge in [-0.1, -0.05) is 18.2 Å². The van der Waals surface area contributed by atoms with Gasteiger partial charge in [0.25, 0.3) is 0 Å². The van der Waals surface area contributed by atoms with Gasteiger partial charge in [-0.2, -0.15) is 0 Å². The van der Waals surface area contributed by atoms with Gasteiger partial charge in [0.2, 0.25) is 0 Å². The van der Waals surface area contributed by atoms with E-state index in [4.69, 9.17) is 5.73 Å². The molecule has 0 saturated heterocycles. The van der Waals surface area contributed by atoms with Crippen molar-refractivity contribution in [2.75, 3.05) is 12.3 Å². The SMILES string of the molecule is Nc1cc(O)cc2c1c1ccccc1n2CCO. The Balaban J connectivity index is 2.53. The van der Waals surface area contributed by atoms with Crippen molar-refractivity contribution in [3.05, 3.63) is 36.4 Å². The summed E-state index contributed by atoms with van der Waals surface area (Å²) in [7, 11) is 0. The predicted molar refractivity (Wildman–Crippen MR) is 72.6 cm³/mol. The number of nitrogens with zero attached hydrogens (tertiary/aromatic N) is 1. The molecule has 18 heavy (non-hydrogen) atoms. The second-order valence-electron chi connectivity index (χ2n) is 4.32. The maximum absolute atomic E-state index is 9.67. The molecule has 0 unspecified atom stereocenters. The molecule has 4 N–H and O–H groups in total. The van der Waals surface area contributed by atoms with Gasteiger partial charge in [-0.3, -0.25) is 0 Å². The number of aliphatic hydroxyl groups is 1. The van der Waals surface area contributed by atoms with Crippen LogP contribution in [-0.2, 0) is 6.54 Å². The molecule has 1 heterocycles. The lowest BCUT2D eigenvalue weighted by Crippen LogP contribution is -2.01. The number of fused-ring (bicyclic) bond motifs is 3. The van der Waals surface area contributed by atoms with E-state index in [-0.39, 0.29) is 12.4 Å².